The van der Waals surface area contributed by atoms with Crippen LogP contribution in [-0.4, -0.2) is 18.2 Å². The van der Waals surface area contributed by atoms with Gasteiger partial charge in [0, 0.05) is 18.3 Å². The second-order valence-corrected chi connectivity index (χ2v) is 6.31. The summed E-state index contributed by atoms with van der Waals surface area (Å²) in [5.74, 6) is 0.907. The van der Waals surface area contributed by atoms with Gasteiger partial charge in [-0.15, -0.1) is 0 Å². The number of hydrogen-bond donors (Lipinski definition) is 3. The van der Waals surface area contributed by atoms with Crippen molar-refractivity contribution in [2.45, 2.75) is 39.8 Å². The van der Waals surface area contributed by atoms with E-state index < -0.39 is 6.23 Å². The molecule has 26 heavy (non-hydrogen) atoms. The molecule has 0 aliphatic rings. The molecule has 3 amide bonds. The van der Waals surface area contributed by atoms with Gasteiger partial charge in [0.25, 0.3) is 0 Å². The number of benzene rings is 2. The van der Waals surface area contributed by atoms with Crippen LogP contribution in [-0.2, 0) is 4.79 Å². The van der Waals surface area contributed by atoms with E-state index in [1.165, 1.54) is 6.92 Å². The zero-order valence-corrected chi connectivity index (χ0v) is 15.5. The van der Waals surface area contributed by atoms with Crippen molar-refractivity contribution in [1.29, 1.82) is 0 Å². The minimum Gasteiger partial charge on any atom is -0.471 e. The van der Waals surface area contributed by atoms with Crippen LogP contribution in [0.4, 0.5) is 16.2 Å². The average molecular weight is 355 g/mol. The predicted octanol–water partition coefficient (Wildman–Crippen LogP) is 4.31. The first-order chi connectivity index (χ1) is 12.3. The van der Waals surface area contributed by atoms with Crippen LogP contribution in [0.15, 0.2) is 48.5 Å². The van der Waals surface area contributed by atoms with Crippen LogP contribution >= 0.6 is 0 Å². The van der Waals surface area contributed by atoms with Gasteiger partial charge in [-0.25, -0.2) is 4.79 Å². The Morgan fingerprint density at radius 2 is 1.58 bits per heavy atom. The summed E-state index contributed by atoms with van der Waals surface area (Å²) in [5, 5.41) is 8.15. The highest BCUT2D eigenvalue weighted by Crippen LogP contribution is 2.26. The highest BCUT2D eigenvalue weighted by Gasteiger charge is 2.13. The Labute approximate surface area is 153 Å². The van der Waals surface area contributed by atoms with Gasteiger partial charge in [-0.2, -0.15) is 0 Å². The molecule has 6 nitrogen and oxygen atoms in total. The third-order valence-electron chi connectivity index (χ3n) is 3.62. The molecular formula is C20H25N3O3. The predicted molar refractivity (Wildman–Crippen MR) is 104 cm³/mol. The summed E-state index contributed by atoms with van der Waals surface area (Å²) in [6.07, 6.45) is -0.506. The SMILES string of the molecule is CC(=O)Nc1cccc(NC(=O)NC(C)Oc2ccccc2C(C)C)c1. The molecule has 1 atom stereocenters. The maximum atomic E-state index is 12.2. The number of nitrogens with one attached hydrogen (secondary N) is 3. The number of carbonyl (C=O) groups excluding carboxylic acids is 2. The molecule has 0 saturated carbocycles. The molecule has 2 aromatic carbocycles. The van der Waals surface area contributed by atoms with Gasteiger partial charge < -0.3 is 20.7 Å². The molecule has 0 spiro atoms. The first-order valence-corrected chi connectivity index (χ1v) is 8.56. The zero-order chi connectivity index (χ0) is 19.1. The fourth-order valence-electron chi connectivity index (χ4n) is 2.51. The molecule has 0 saturated heterocycles. The normalized spacial score (nSPS) is 11.6. The Hall–Kier alpha value is -3.02. The highest BCUT2D eigenvalue weighted by molar-refractivity contribution is 5.92. The molecule has 0 bridgehead atoms. The lowest BCUT2D eigenvalue weighted by molar-refractivity contribution is -0.114. The topological polar surface area (TPSA) is 79.5 Å². The standard InChI is InChI=1S/C20H25N3O3/c1-13(2)18-10-5-6-11-19(18)26-15(4)22-20(25)23-17-9-7-8-16(12-17)21-14(3)24/h5-13,15H,1-4H3,(H,21,24)(H2,22,23,25). The molecule has 0 aliphatic carbocycles. The van der Waals surface area contributed by atoms with Gasteiger partial charge in [0.15, 0.2) is 6.23 Å². The Morgan fingerprint density at radius 1 is 0.923 bits per heavy atom. The van der Waals surface area contributed by atoms with Crippen LogP contribution in [0.5, 0.6) is 5.75 Å². The van der Waals surface area contributed by atoms with Gasteiger partial charge >= 0.3 is 6.03 Å². The molecule has 0 heterocycles. The molecule has 1 unspecified atom stereocenters. The van der Waals surface area contributed by atoms with E-state index >= 15 is 0 Å². The second kappa shape index (κ2) is 8.89. The van der Waals surface area contributed by atoms with E-state index in [4.69, 9.17) is 4.74 Å². The summed E-state index contributed by atoms with van der Waals surface area (Å²) in [6.45, 7) is 7.38. The number of anilines is 2. The maximum Gasteiger partial charge on any atom is 0.322 e. The van der Waals surface area contributed by atoms with Crippen LogP contribution in [0, 0.1) is 0 Å². The van der Waals surface area contributed by atoms with E-state index in [0.717, 1.165) is 11.3 Å². The molecule has 0 aromatic heterocycles. The molecule has 2 aromatic rings. The summed E-state index contributed by atoms with van der Waals surface area (Å²) in [7, 11) is 0. The average Bonchev–Trinajstić information content (AvgIpc) is 2.54. The van der Waals surface area contributed by atoms with E-state index in [2.05, 4.69) is 29.8 Å². The Morgan fingerprint density at radius 3 is 2.23 bits per heavy atom. The molecule has 3 N–H and O–H groups in total. The van der Waals surface area contributed by atoms with Gasteiger partial charge in [-0.1, -0.05) is 38.1 Å². The van der Waals surface area contributed by atoms with Gasteiger partial charge in [0.2, 0.25) is 5.91 Å². The summed E-state index contributed by atoms with van der Waals surface area (Å²) < 4.78 is 5.86. The lowest BCUT2D eigenvalue weighted by Gasteiger charge is -2.20. The third-order valence-corrected chi connectivity index (χ3v) is 3.62. The summed E-state index contributed by atoms with van der Waals surface area (Å²) in [4.78, 5) is 23.3. The minimum absolute atomic E-state index is 0.169. The number of carbonyl (C=O) groups is 2. The Balaban J connectivity index is 1.94. The highest BCUT2D eigenvalue weighted by atomic mass is 16.5. The number of rotatable bonds is 6. The van der Waals surface area contributed by atoms with Crippen molar-refractivity contribution in [3.63, 3.8) is 0 Å². The number of amides is 3. The maximum absolute atomic E-state index is 12.2. The van der Waals surface area contributed by atoms with E-state index in [-0.39, 0.29) is 11.9 Å². The molecule has 6 heteroatoms. The molecule has 0 radical (unpaired) electrons. The van der Waals surface area contributed by atoms with Crippen LogP contribution in [0.2, 0.25) is 0 Å². The molecular weight excluding hydrogens is 330 g/mol. The summed E-state index contributed by atoms with van der Waals surface area (Å²) in [6, 6.07) is 14.3. The quantitative estimate of drug-likeness (QED) is 0.675. The molecule has 0 aliphatic heterocycles. The fraction of sp³-hybridized carbons (Fsp3) is 0.300. The monoisotopic (exact) mass is 355 g/mol. The molecule has 138 valence electrons. The van der Waals surface area contributed by atoms with Crippen molar-refractivity contribution in [3.8, 4) is 5.75 Å². The zero-order valence-electron chi connectivity index (χ0n) is 15.5. The summed E-state index contributed by atoms with van der Waals surface area (Å²) >= 11 is 0. The van der Waals surface area contributed by atoms with Crippen molar-refractivity contribution in [2.75, 3.05) is 10.6 Å². The lowest BCUT2D eigenvalue weighted by atomic mass is 10.0. The van der Waals surface area contributed by atoms with Gasteiger partial charge in [-0.05, 0) is 42.7 Å². The van der Waals surface area contributed by atoms with Crippen molar-refractivity contribution in [2.24, 2.45) is 0 Å². The first-order valence-electron chi connectivity index (χ1n) is 8.56. The van der Waals surface area contributed by atoms with Crippen molar-refractivity contribution in [1.82, 2.24) is 5.32 Å². The van der Waals surface area contributed by atoms with Gasteiger partial charge in [-0.3, -0.25) is 4.79 Å². The van der Waals surface area contributed by atoms with Crippen molar-refractivity contribution in [3.05, 3.63) is 54.1 Å². The number of ether oxygens (including phenoxy) is 1. The number of hydrogen-bond acceptors (Lipinski definition) is 3. The fourth-order valence-corrected chi connectivity index (χ4v) is 2.51. The van der Waals surface area contributed by atoms with E-state index in [9.17, 15) is 9.59 Å². The largest absolute Gasteiger partial charge is 0.471 e. The smallest absolute Gasteiger partial charge is 0.322 e. The van der Waals surface area contributed by atoms with Gasteiger partial charge in [0.1, 0.15) is 5.75 Å². The Bertz CT molecular complexity index is 774. The number of urea groups is 1. The first kappa shape index (κ1) is 19.3. The number of para-hydroxylation sites is 1. The van der Waals surface area contributed by atoms with E-state index in [1.807, 2.05) is 24.3 Å². The van der Waals surface area contributed by atoms with Crippen molar-refractivity contribution >= 4 is 23.3 Å². The van der Waals surface area contributed by atoms with E-state index in [0.29, 0.717) is 17.3 Å². The molecule has 0 fully saturated rings. The third kappa shape index (κ3) is 5.81. The van der Waals surface area contributed by atoms with Crippen LogP contribution in [0.3, 0.4) is 0 Å². The second-order valence-electron chi connectivity index (χ2n) is 6.31. The van der Waals surface area contributed by atoms with Crippen LogP contribution < -0.4 is 20.7 Å². The minimum atomic E-state index is -0.506. The lowest BCUT2D eigenvalue weighted by Crippen LogP contribution is -2.39. The molecule has 2 rings (SSSR count). The Kier molecular flexibility index (Phi) is 6.60. The van der Waals surface area contributed by atoms with Crippen LogP contribution in [0.1, 0.15) is 39.2 Å². The van der Waals surface area contributed by atoms with Gasteiger partial charge in [0.05, 0.1) is 0 Å². The summed E-state index contributed by atoms with van der Waals surface area (Å²) in [5.41, 5.74) is 2.28. The van der Waals surface area contributed by atoms with Crippen LogP contribution in [0.25, 0.3) is 0 Å². The van der Waals surface area contributed by atoms with Crippen molar-refractivity contribution < 1.29 is 14.3 Å². The van der Waals surface area contributed by atoms with E-state index in [1.54, 1.807) is 31.2 Å².